The number of amides is 1. The number of rotatable bonds is 54. The van der Waals surface area contributed by atoms with Crippen LogP contribution in [-0.2, 0) is 23.8 Å². The number of aliphatic hydroxyl groups excluding tert-OH is 5. The third-order valence-corrected chi connectivity index (χ3v) is 14.7. The van der Waals surface area contributed by atoms with E-state index in [1.165, 1.54) is 186 Å². The number of esters is 1. The van der Waals surface area contributed by atoms with Gasteiger partial charge in [-0.3, -0.25) is 9.59 Å². The first kappa shape index (κ1) is 69.9. The van der Waals surface area contributed by atoms with Gasteiger partial charge in [-0.1, -0.05) is 249 Å². The highest BCUT2D eigenvalue weighted by atomic mass is 16.7. The molecular weight excluding hydrogens is 931 g/mol. The Bertz CT molecular complexity index is 1320. The van der Waals surface area contributed by atoms with Crippen LogP contribution in [0.25, 0.3) is 0 Å². The highest BCUT2D eigenvalue weighted by molar-refractivity contribution is 5.76. The second-order valence-corrected chi connectivity index (χ2v) is 21.8. The molecule has 0 spiro atoms. The molecular formula is C63H117NO10. The molecule has 74 heavy (non-hydrogen) atoms. The molecule has 1 heterocycles. The second kappa shape index (κ2) is 52.9. The average Bonchev–Trinajstić information content (AvgIpc) is 3.40. The van der Waals surface area contributed by atoms with Crippen molar-refractivity contribution >= 4 is 11.9 Å². The lowest BCUT2D eigenvalue weighted by Gasteiger charge is -2.40. The molecule has 434 valence electrons. The Morgan fingerprint density at radius 1 is 0.500 bits per heavy atom. The van der Waals surface area contributed by atoms with E-state index in [4.69, 9.17) is 14.2 Å². The average molecular weight is 1050 g/mol. The zero-order valence-corrected chi connectivity index (χ0v) is 47.8. The predicted octanol–water partition coefficient (Wildman–Crippen LogP) is 14.7. The van der Waals surface area contributed by atoms with E-state index in [0.717, 1.165) is 77.0 Å². The Labute approximate surface area is 453 Å². The highest BCUT2D eigenvalue weighted by Crippen LogP contribution is 2.23. The van der Waals surface area contributed by atoms with Gasteiger partial charge in [0.2, 0.25) is 5.91 Å². The molecule has 0 radical (unpaired) electrons. The van der Waals surface area contributed by atoms with Crippen LogP contribution in [0.15, 0.2) is 36.5 Å². The largest absolute Gasteiger partial charge is 0.466 e. The minimum Gasteiger partial charge on any atom is -0.466 e. The Hall–Kier alpha value is -2.12. The van der Waals surface area contributed by atoms with Crippen molar-refractivity contribution in [2.75, 3.05) is 19.8 Å². The van der Waals surface area contributed by atoms with Crippen molar-refractivity contribution in [3.05, 3.63) is 36.5 Å². The quantitative estimate of drug-likeness (QED) is 0.0195. The molecule has 11 heteroatoms. The topological polar surface area (TPSA) is 175 Å². The number of aliphatic hydroxyl groups is 5. The van der Waals surface area contributed by atoms with Crippen LogP contribution >= 0.6 is 0 Å². The number of hydrogen-bond donors (Lipinski definition) is 6. The Morgan fingerprint density at radius 2 is 0.905 bits per heavy atom. The SMILES string of the molecule is CCCCCCCCC/C=C/C(O)C(COC1OC(CO)C(O)C(O)C1O)NC(=O)CCCCCCCCCCC/C=C\C/C=C\CCCCCCCCCCCOC(=O)CCCCCCCCCCCCCC. The van der Waals surface area contributed by atoms with Crippen molar-refractivity contribution in [3.8, 4) is 0 Å². The second-order valence-electron chi connectivity index (χ2n) is 21.8. The van der Waals surface area contributed by atoms with Crippen molar-refractivity contribution in [2.45, 2.75) is 333 Å². The standard InChI is InChI=1S/C63H117NO10/c1-3-5-7-9-11-13-14-31-35-39-43-47-51-59(68)72-52-48-44-40-36-32-29-27-25-23-21-19-17-15-16-18-20-22-24-26-28-30-34-38-42-46-50-58(67)64-55(56(66)49-45-41-37-33-12-10-8-6-4-2)54-73-63-62(71)61(70)60(69)57(53-65)74-63/h16-19,45,49,55-57,60-63,65-66,69-71H,3-15,20-44,46-48,50-54H2,1-2H3,(H,64,67)/b18-16-,19-17-,49-45+. The third-order valence-electron chi connectivity index (χ3n) is 14.7. The van der Waals surface area contributed by atoms with E-state index in [2.05, 4.69) is 43.5 Å². The van der Waals surface area contributed by atoms with Gasteiger partial charge in [-0.25, -0.2) is 0 Å². The maximum atomic E-state index is 13.0. The lowest BCUT2D eigenvalue weighted by atomic mass is 9.99. The number of allylic oxidation sites excluding steroid dienone is 5. The van der Waals surface area contributed by atoms with Crippen molar-refractivity contribution in [3.63, 3.8) is 0 Å². The van der Waals surface area contributed by atoms with E-state index in [0.29, 0.717) is 19.4 Å². The fourth-order valence-electron chi connectivity index (χ4n) is 9.76. The van der Waals surface area contributed by atoms with Crippen molar-refractivity contribution in [1.29, 1.82) is 0 Å². The lowest BCUT2D eigenvalue weighted by molar-refractivity contribution is -0.302. The monoisotopic (exact) mass is 1050 g/mol. The molecule has 1 saturated heterocycles. The summed E-state index contributed by atoms with van der Waals surface area (Å²) in [5.41, 5.74) is 0. The van der Waals surface area contributed by atoms with E-state index in [-0.39, 0.29) is 18.5 Å². The summed E-state index contributed by atoms with van der Waals surface area (Å²) in [5, 5.41) is 54.2. The van der Waals surface area contributed by atoms with E-state index in [1.54, 1.807) is 6.08 Å². The number of ether oxygens (including phenoxy) is 3. The summed E-state index contributed by atoms with van der Waals surface area (Å²) in [6.45, 7) is 4.31. The van der Waals surface area contributed by atoms with Crippen LogP contribution in [-0.4, -0.2) is 100 Å². The Kier molecular flexibility index (Phi) is 50.0. The zero-order valence-electron chi connectivity index (χ0n) is 47.8. The highest BCUT2D eigenvalue weighted by Gasteiger charge is 2.44. The zero-order chi connectivity index (χ0) is 53.8. The Balaban J connectivity index is 2.01. The van der Waals surface area contributed by atoms with Gasteiger partial charge in [-0.2, -0.15) is 0 Å². The number of nitrogens with one attached hydrogen (secondary N) is 1. The molecule has 0 aromatic carbocycles. The van der Waals surface area contributed by atoms with Gasteiger partial charge in [0.25, 0.3) is 0 Å². The normalized spacial score (nSPS) is 19.0. The van der Waals surface area contributed by atoms with Crippen LogP contribution < -0.4 is 5.32 Å². The van der Waals surface area contributed by atoms with Gasteiger partial charge in [0.05, 0.1) is 32.0 Å². The summed E-state index contributed by atoms with van der Waals surface area (Å²) >= 11 is 0. The number of unbranched alkanes of at least 4 members (excludes halogenated alkanes) is 36. The van der Waals surface area contributed by atoms with Crippen LogP contribution in [0.1, 0.15) is 290 Å². The fourth-order valence-corrected chi connectivity index (χ4v) is 9.76. The first-order valence-corrected chi connectivity index (χ1v) is 31.3. The van der Waals surface area contributed by atoms with Gasteiger partial charge < -0.3 is 45.1 Å². The minimum absolute atomic E-state index is 0.00111. The molecule has 1 aliphatic rings. The van der Waals surface area contributed by atoms with Crippen molar-refractivity contribution in [2.24, 2.45) is 0 Å². The van der Waals surface area contributed by atoms with Crippen LogP contribution in [0.2, 0.25) is 0 Å². The predicted molar refractivity (Wildman–Crippen MR) is 306 cm³/mol. The van der Waals surface area contributed by atoms with Crippen LogP contribution in [0.4, 0.5) is 0 Å². The number of carbonyl (C=O) groups is 2. The van der Waals surface area contributed by atoms with Crippen LogP contribution in [0.5, 0.6) is 0 Å². The molecule has 0 saturated carbocycles. The molecule has 6 N–H and O–H groups in total. The van der Waals surface area contributed by atoms with Crippen LogP contribution in [0.3, 0.4) is 0 Å². The summed E-state index contributed by atoms with van der Waals surface area (Å²) in [7, 11) is 0. The lowest BCUT2D eigenvalue weighted by Crippen LogP contribution is -2.60. The minimum atomic E-state index is -1.57. The van der Waals surface area contributed by atoms with Gasteiger partial charge in [0, 0.05) is 12.8 Å². The molecule has 1 fully saturated rings. The summed E-state index contributed by atoms with van der Waals surface area (Å²) in [5.74, 6) is -0.191. The van der Waals surface area contributed by atoms with Crippen LogP contribution in [0, 0.1) is 0 Å². The molecule has 0 aromatic heterocycles. The van der Waals surface area contributed by atoms with E-state index >= 15 is 0 Å². The van der Waals surface area contributed by atoms with E-state index < -0.39 is 49.5 Å². The number of hydrogen-bond acceptors (Lipinski definition) is 10. The third kappa shape index (κ3) is 42.0. The first-order chi connectivity index (χ1) is 36.2. The summed E-state index contributed by atoms with van der Waals surface area (Å²) in [6.07, 6.45) is 55.5. The molecule has 7 unspecified atom stereocenters. The van der Waals surface area contributed by atoms with Crippen molar-refractivity contribution in [1.82, 2.24) is 5.32 Å². The van der Waals surface area contributed by atoms with Gasteiger partial charge >= 0.3 is 5.97 Å². The molecule has 1 rings (SSSR count). The molecule has 1 amide bonds. The number of carbonyl (C=O) groups excluding carboxylic acids is 2. The summed E-state index contributed by atoms with van der Waals surface area (Å²) in [4.78, 5) is 25.0. The molecule has 1 aliphatic heterocycles. The van der Waals surface area contributed by atoms with Gasteiger partial charge in [0.1, 0.15) is 24.4 Å². The molecule has 0 aromatic rings. The smallest absolute Gasteiger partial charge is 0.305 e. The first-order valence-electron chi connectivity index (χ1n) is 31.3. The van der Waals surface area contributed by atoms with Gasteiger partial charge in [-0.15, -0.1) is 0 Å². The molecule has 7 atom stereocenters. The summed E-state index contributed by atoms with van der Waals surface area (Å²) in [6, 6.07) is -0.813. The van der Waals surface area contributed by atoms with E-state index in [9.17, 15) is 35.1 Å². The maximum Gasteiger partial charge on any atom is 0.305 e. The van der Waals surface area contributed by atoms with Gasteiger partial charge in [0.15, 0.2) is 6.29 Å². The Morgan fingerprint density at radius 3 is 1.36 bits per heavy atom. The van der Waals surface area contributed by atoms with E-state index in [1.807, 2.05) is 6.08 Å². The van der Waals surface area contributed by atoms with Gasteiger partial charge in [-0.05, 0) is 64.2 Å². The molecule has 0 aliphatic carbocycles. The molecule has 0 bridgehead atoms. The maximum absolute atomic E-state index is 13.0. The molecule has 11 nitrogen and oxygen atoms in total. The fraction of sp³-hybridized carbons (Fsp3) is 0.873. The van der Waals surface area contributed by atoms with Crippen molar-refractivity contribution < 1.29 is 49.3 Å². The summed E-state index contributed by atoms with van der Waals surface area (Å²) < 4.78 is 16.7.